The van der Waals surface area contributed by atoms with E-state index in [2.05, 4.69) is 37.2 Å². The largest absolute Gasteiger partial charge is 0.465 e. The van der Waals surface area contributed by atoms with Crippen LogP contribution >= 0.6 is 44.3 Å². The topological polar surface area (TPSA) is 98.5 Å². The second-order valence-electron chi connectivity index (χ2n) is 10.3. The summed E-state index contributed by atoms with van der Waals surface area (Å²) in [5.74, 6) is -0.232. The van der Waals surface area contributed by atoms with Crippen LogP contribution in [0.5, 0.6) is 0 Å². The molecule has 6 nitrogen and oxygen atoms in total. The van der Waals surface area contributed by atoms with Crippen molar-refractivity contribution in [3.05, 3.63) is 140 Å². The van der Waals surface area contributed by atoms with Gasteiger partial charge in [0.1, 0.15) is 0 Å². The number of esters is 1. The minimum absolute atomic E-state index is 0. The van der Waals surface area contributed by atoms with Gasteiger partial charge in [-0.05, 0) is 66.3 Å². The summed E-state index contributed by atoms with van der Waals surface area (Å²) in [6.07, 6.45) is 1.82. The molecular formula is C36H39Br2ClN2O4. The number of nitrogens with two attached hydrogens (primary N) is 1. The predicted molar refractivity (Wildman–Crippen MR) is 190 cm³/mol. The van der Waals surface area contributed by atoms with Crippen LogP contribution in [0.3, 0.4) is 0 Å². The maximum atomic E-state index is 12.8. The zero-order valence-electron chi connectivity index (χ0n) is 25.2. The Kier molecular flexibility index (Phi) is 17.6. The first kappa shape index (κ1) is 38.0. The third kappa shape index (κ3) is 14.7. The van der Waals surface area contributed by atoms with Gasteiger partial charge in [-0.2, -0.15) is 0 Å². The molecule has 4 aromatic rings. The number of benzene rings is 4. The molecule has 0 saturated carbocycles. The number of rotatable bonds is 14. The van der Waals surface area contributed by atoms with E-state index < -0.39 is 12.1 Å². The molecule has 0 bridgehead atoms. The standard InChI is InChI=1S/C20H22BrNO3.C16H16BrNO.ClH/c1-2-25-20(24)14-22-18(12-15-7-4-3-5-8-15)19(23)13-16-9-6-10-17(21)11-16;17-14-8-4-7-13(9-14)11-16(19)15(18)10-12-5-2-1-3-6-12;/h3-11,18,22H,2,12-14H2,1H3;1-9,15H,10-11,18H2;1H/t18-;15-;/m00./s1. The van der Waals surface area contributed by atoms with Crippen molar-refractivity contribution in [2.75, 3.05) is 13.2 Å². The Morgan fingerprint density at radius 2 is 1.16 bits per heavy atom. The minimum Gasteiger partial charge on any atom is -0.465 e. The lowest BCUT2D eigenvalue weighted by Gasteiger charge is -2.17. The van der Waals surface area contributed by atoms with Crippen LogP contribution in [0.25, 0.3) is 0 Å². The van der Waals surface area contributed by atoms with Gasteiger partial charge in [0.05, 0.1) is 25.2 Å². The van der Waals surface area contributed by atoms with E-state index in [0.29, 0.717) is 32.3 Å². The van der Waals surface area contributed by atoms with Crippen LogP contribution in [-0.2, 0) is 44.8 Å². The van der Waals surface area contributed by atoms with Gasteiger partial charge in [-0.15, -0.1) is 12.4 Å². The third-order valence-electron chi connectivity index (χ3n) is 6.72. The van der Waals surface area contributed by atoms with Crippen molar-refractivity contribution in [1.29, 1.82) is 0 Å². The van der Waals surface area contributed by atoms with Crippen molar-refractivity contribution in [3.8, 4) is 0 Å². The van der Waals surface area contributed by atoms with Gasteiger partial charge in [0.15, 0.2) is 11.6 Å². The quantitative estimate of drug-likeness (QED) is 0.136. The Morgan fingerprint density at radius 1 is 0.689 bits per heavy atom. The molecule has 9 heteroatoms. The lowest BCUT2D eigenvalue weighted by Crippen LogP contribution is -2.42. The lowest BCUT2D eigenvalue weighted by atomic mass is 9.97. The van der Waals surface area contributed by atoms with E-state index in [0.717, 1.165) is 31.2 Å². The highest BCUT2D eigenvalue weighted by Gasteiger charge is 2.20. The van der Waals surface area contributed by atoms with Gasteiger partial charge in [0.25, 0.3) is 0 Å². The fraction of sp³-hybridized carbons (Fsp3) is 0.250. The Morgan fingerprint density at radius 3 is 1.64 bits per heavy atom. The number of ether oxygens (including phenoxy) is 1. The number of halogens is 3. The number of carbonyl (C=O) groups excluding carboxylic acids is 3. The van der Waals surface area contributed by atoms with Gasteiger partial charge in [-0.3, -0.25) is 19.7 Å². The average molecular weight is 759 g/mol. The number of carbonyl (C=O) groups is 3. The van der Waals surface area contributed by atoms with Crippen LogP contribution in [0.1, 0.15) is 29.2 Å². The van der Waals surface area contributed by atoms with E-state index in [-0.39, 0.29) is 36.5 Å². The molecule has 3 N–H and O–H groups in total. The zero-order valence-corrected chi connectivity index (χ0v) is 29.2. The Balaban J connectivity index is 0.000000317. The van der Waals surface area contributed by atoms with E-state index in [1.165, 1.54) is 0 Å². The van der Waals surface area contributed by atoms with Gasteiger partial charge < -0.3 is 10.5 Å². The van der Waals surface area contributed by atoms with E-state index >= 15 is 0 Å². The molecule has 4 aromatic carbocycles. The van der Waals surface area contributed by atoms with Crippen molar-refractivity contribution >= 4 is 61.8 Å². The first-order chi connectivity index (χ1) is 21.2. The smallest absolute Gasteiger partial charge is 0.319 e. The summed E-state index contributed by atoms with van der Waals surface area (Å²) in [5.41, 5.74) is 10.0. The molecule has 2 atom stereocenters. The Bertz CT molecular complexity index is 1490. The van der Waals surface area contributed by atoms with Crippen LogP contribution in [0.2, 0.25) is 0 Å². The molecule has 4 rings (SSSR count). The van der Waals surface area contributed by atoms with Crippen LogP contribution < -0.4 is 11.1 Å². The zero-order chi connectivity index (χ0) is 31.7. The monoisotopic (exact) mass is 756 g/mol. The molecule has 0 aliphatic heterocycles. The number of hydrogen-bond donors (Lipinski definition) is 2. The minimum atomic E-state index is -0.443. The molecule has 0 fully saturated rings. The highest BCUT2D eigenvalue weighted by molar-refractivity contribution is 9.10. The molecular weight excluding hydrogens is 720 g/mol. The van der Waals surface area contributed by atoms with Gasteiger partial charge >= 0.3 is 5.97 Å². The third-order valence-corrected chi connectivity index (χ3v) is 7.70. The first-order valence-electron chi connectivity index (χ1n) is 14.5. The maximum Gasteiger partial charge on any atom is 0.319 e. The molecule has 45 heavy (non-hydrogen) atoms. The summed E-state index contributed by atoms with van der Waals surface area (Å²) in [6.45, 7) is 2.11. The summed E-state index contributed by atoms with van der Waals surface area (Å²) < 4.78 is 6.86. The molecule has 0 amide bonds. The Labute approximate surface area is 288 Å². The second kappa shape index (κ2) is 20.8. The summed E-state index contributed by atoms with van der Waals surface area (Å²) in [7, 11) is 0. The van der Waals surface area contributed by atoms with E-state index in [1.807, 2.05) is 109 Å². The number of ketones is 2. The SMILES string of the molecule is CCOC(=O)CN[C@@H](Cc1ccccc1)C(=O)Cc1cccc(Br)c1.Cl.N[C@@H](Cc1ccccc1)C(=O)Cc1cccc(Br)c1. The van der Waals surface area contributed by atoms with E-state index in [4.69, 9.17) is 10.5 Å². The number of Topliss-reactive ketones (excluding diaryl/α,β-unsaturated/α-hetero) is 2. The highest BCUT2D eigenvalue weighted by Crippen LogP contribution is 2.15. The van der Waals surface area contributed by atoms with Crippen LogP contribution in [0.15, 0.2) is 118 Å². The lowest BCUT2D eigenvalue weighted by molar-refractivity contribution is -0.142. The van der Waals surface area contributed by atoms with Gasteiger partial charge in [-0.25, -0.2) is 0 Å². The molecule has 238 valence electrons. The highest BCUT2D eigenvalue weighted by atomic mass is 79.9. The van der Waals surface area contributed by atoms with E-state index in [9.17, 15) is 14.4 Å². The normalized spacial score (nSPS) is 11.6. The van der Waals surface area contributed by atoms with Gasteiger partial charge in [0.2, 0.25) is 0 Å². The second-order valence-corrected chi connectivity index (χ2v) is 12.1. The van der Waals surface area contributed by atoms with Crippen molar-refractivity contribution in [2.24, 2.45) is 5.73 Å². The molecule has 0 unspecified atom stereocenters. The van der Waals surface area contributed by atoms with Gasteiger partial charge in [0, 0.05) is 21.8 Å². The molecule has 0 aliphatic rings. The van der Waals surface area contributed by atoms with Crippen molar-refractivity contribution < 1.29 is 19.1 Å². The summed E-state index contributed by atoms with van der Waals surface area (Å²) in [5, 5.41) is 3.05. The molecule has 0 radical (unpaired) electrons. The van der Waals surface area contributed by atoms with Crippen molar-refractivity contribution in [3.63, 3.8) is 0 Å². The first-order valence-corrected chi connectivity index (χ1v) is 16.1. The summed E-state index contributed by atoms with van der Waals surface area (Å²) >= 11 is 6.82. The number of hydrogen-bond acceptors (Lipinski definition) is 6. The maximum absolute atomic E-state index is 12.8. The molecule has 0 aromatic heterocycles. The molecule has 0 aliphatic carbocycles. The van der Waals surface area contributed by atoms with Crippen LogP contribution in [0, 0.1) is 0 Å². The number of nitrogens with one attached hydrogen (secondary N) is 1. The fourth-order valence-corrected chi connectivity index (χ4v) is 5.39. The van der Waals surface area contributed by atoms with Gasteiger partial charge in [-0.1, -0.05) is 117 Å². The summed E-state index contributed by atoms with van der Waals surface area (Å²) in [6, 6.07) is 34.2. The summed E-state index contributed by atoms with van der Waals surface area (Å²) in [4.78, 5) is 36.5. The van der Waals surface area contributed by atoms with E-state index in [1.54, 1.807) is 6.92 Å². The Hall–Kier alpha value is -3.14. The predicted octanol–water partition coefficient (Wildman–Crippen LogP) is 6.88. The molecule has 0 spiro atoms. The molecule has 0 saturated heterocycles. The molecule has 0 heterocycles. The fourth-order valence-electron chi connectivity index (χ4n) is 4.50. The van der Waals surface area contributed by atoms with Crippen LogP contribution in [-0.4, -0.2) is 42.8 Å². The average Bonchev–Trinajstić information content (AvgIpc) is 3.01. The van der Waals surface area contributed by atoms with Crippen LogP contribution in [0.4, 0.5) is 0 Å². The van der Waals surface area contributed by atoms with Crippen molar-refractivity contribution in [2.45, 2.75) is 44.7 Å². The van der Waals surface area contributed by atoms with Crippen molar-refractivity contribution in [1.82, 2.24) is 5.32 Å².